The lowest BCUT2D eigenvalue weighted by atomic mass is 9.90. The van der Waals surface area contributed by atoms with E-state index >= 15 is 0 Å². The number of nitrogen functional groups attached to an aromatic ring is 2. The molecular formula is C12H15N5. The topological polar surface area (TPSA) is 82.8 Å². The Morgan fingerprint density at radius 1 is 1.18 bits per heavy atom. The van der Waals surface area contributed by atoms with Crippen molar-refractivity contribution >= 4 is 11.6 Å². The van der Waals surface area contributed by atoms with Gasteiger partial charge >= 0.3 is 0 Å². The van der Waals surface area contributed by atoms with Gasteiger partial charge in [-0.15, -0.1) is 5.10 Å². The summed E-state index contributed by atoms with van der Waals surface area (Å²) in [6.07, 6.45) is 1.97. The molecule has 0 bridgehead atoms. The highest BCUT2D eigenvalue weighted by Gasteiger charge is 2.22. The van der Waals surface area contributed by atoms with Crippen LogP contribution in [-0.4, -0.2) is 14.8 Å². The van der Waals surface area contributed by atoms with Gasteiger partial charge in [0.1, 0.15) is 5.82 Å². The first-order valence-corrected chi connectivity index (χ1v) is 5.77. The summed E-state index contributed by atoms with van der Waals surface area (Å²) in [5, 5.41) is 4.16. The molecule has 0 spiro atoms. The highest BCUT2D eigenvalue weighted by atomic mass is 15.4. The molecule has 5 nitrogen and oxygen atoms in total. The largest absolute Gasteiger partial charge is 0.399 e. The molecule has 0 fully saturated rings. The van der Waals surface area contributed by atoms with Crippen LogP contribution in [0, 0.1) is 0 Å². The summed E-state index contributed by atoms with van der Waals surface area (Å²) in [5.41, 5.74) is 13.4. The Morgan fingerprint density at radius 2 is 1.94 bits per heavy atom. The molecule has 88 valence electrons. The SMILES string of the molecule is Nc1ccc(C2CCn3nc(N)nc3C2)cc1. The number of aryl methyl sites for hydroxylation is 1. The monoisotopic (exact) mass is 229 g/mol. The number of nitrogens with two attached hydrogens (primary N) is 2. The fourth-order valence-electron chi connectivity index (χ4n) is 2.38. The first-order valence-electron chi connectivity index (χ1n) is 5.77. The van der Waals surface area contributed by atoms with Gasteiger partial charge in [0.05, 0.1) is 0 Å². The minimum Gasteiger partial charge on any atom is -0.399 e. The number of nitrogens with zero attached hydrogens (tertiary/aromatic N) is 3. The van der Waals surface area contributed by atoms with E-state index in [9.17, 15) is 0 Å². The van der Waals surface area contributed by atoms with Crippen molar-refractivity contribution in [3.8, 4) is 0 Å². The van der Waals surface area contributed by atoms with Gasteiger partial charge in [-0.1, -0.05) is 12.1 Å². The zero-order valence-corrected chi connectivity index (χ0v) is 9.50. The third kappa shape index (κ3) is 1.84. The molecule has 3 rings (SSSR count). The number of benzene rings is 1. The molecule has 1 atom stereocenters. The molecule has 1 aromatic carbocycles. The zero-order chi connectivity index (χ0) is 11.8. The van der Waals surface area contributed by atoms with E-state index in [1.54, 1.807) is 0 Å². The first-order chi connectivity index (χ1) is 8.22. The third-order valence-electron chi connectivity index (χ3n) is 3.29. The second-order valence-electron chi connectivity index (χ2n) is 4.47. The highest BCUT2D eigenvalue weighted by molar-refractivity contribution is 5.40. The molecule has 1 aliphatic heterocycles. The number of rotatable bonds is 1. The number of hydrogen-bond acceptors (Lipinski definition) is 4. The Balaban J connectivity index is 1.86. The quantitative estimate of drug-likeness (QED) is 0.719. The molecule has 4 N–H and O–H groups in total. The van der Waals surface area contributed by atoms with Crippen molar-refractivity contribution in [2.24, 2.45) is 0 Å². The van der Waals surface area contributed by atoms with Crippen molar-refractivity contribution in [2.45, 2.75) is 25.3 Å². The molecule has 5 heteroatoms. The van der Waals surface area contributed by atoms with Gasteiger partial charge in [0.15, 0.2) is 0 Å². The van der Waals surface area contributed by atoms with Gasteiger partial charge in [-0.3, -0.25) is 0 Å². The Labute approximate surface area is 99.4 Å². The van der Waals surface area contributed by atoms with Crippen LogP contribution in [0.15, 0.2) is 24.3 Å². The van der Waals surface area contributed by atoms with Gasteiger partial charge in [0.25, 0.3) is 0 Å². The second kappa shape index (κ2) is 3.76. The number of aromatic nitrogens is 3. The predicted molar refractivity (Wildman–Crippen MR) is 66.4 cm³/mol. The Morgan fingerprint density at radius 3 is 2.71 bits per heavy atom. The van der Waals surface area contributed by atoms with E-state index in [0.29, 0.717) is 11.9 Å². The lowest BCUT2D eigenvalue weighted by molar-refractivity contribution is 0.434. The molecule has 2 aromatic rings. The minimum absolute atomic E-state index is 0.373. The highest BCUT2D eigenvalue weighted by Crippen LogP contribution is 2.29. The Kier molecular flexibility index (Phi) is 2.24. The van der Waals surface area contributed by atoms with Crippen LogP contribution < -0.4 is 11.5 Å². The Hall–Kier alpha value is -2.04. The smallest absolute Gasteiger partial charge is 0.239 e. The van der Waals surface area contributed by atoms with E-state index in [4.69, 9.17) is 11.5 Å². The van der Waals surface area contributed by atoms with Gasteiger partial charge in [0, 0.05) is 18.7 Å². The van der Waals surface area contributed by atoms with Crippen LogP contribution in [-0.2, 0) is 13.0 Å². The molecule has 17 heavy (non-hydrogen) atoms. The van der Waals surface area contributed by atoms with E-state index < -0.39 is 0 Å². The van der Waals surface area contributed by atoms with E-state index in [1.807, 2.05) is 16.8 Å². The number of hydrogen-bond donors (Lipinski definition) is 2. The van der Waals surface area contributed by atoms with Crippen LogP contribution >= 0.6 is 0 Å². The summed E-state index contributed by atoms with van der Waals surface area (Å²) in [7, 11) is 0. The molecule has 0 radical (unpaired) electrons. The van der Waals surface area contributed by atoms with Crippen LogP contribution in [0.2, 0.25) is 0 Å². The van der Waals surface area contributed by atoms with Crippen molar-refractivity contribution in [3.05, 3.63) is 35.7 Å². The van der Waals surface area contributed by atoms with E-state index in [0.717, 1.165) is 30.9 Å². The van der Waals surface area contributed by atoms with E-state index in [-0.39, 0.29) is 0 Å². The molecule has 1 aromatic heterocycles. The standard InChI is InChI=1S/C12H15N5/c13-10-3-1-8(2-4-10)9-5-6-17-11(7-9)15-12(14)16-17/h1-4,9H,5-7,13H2,(H2,14,16). The first kappa shape index (κ1) is 10.1. The van der Waals surface area contributed by atoms with Gasteiger partial charge in [-0.25, -0.2) is 4.68 Å². The summed E-state index contributed by atoms with van der Waals surface area (Å²) in [5.74, 6) is 1.85. The zero-order valence-electron chi connectivity index (χ0n) is 9.50. The predicted octanol–water partition coefficient (Wildman–Crippen LogP) is 1.17. The van der Waals surface area contributed by atoms with Gasteiger partial charge in [-0.2, -0.15) is 4.98 Å². The number of fused-ring (bicyclic) bond motifs is 1. The molecule has 0 saturated carbocycles. The van der Waals surface area contributed by atoms with Crippen LogP contribution in [0.4, 0.5) is 11.6 Å². The average molecular weight is 229 g/mol. The fourth-order valence-corrected chi connectivity index (χ4v) is 2.38. The van der Waals surface area contributed by atoms with Gasteiger partial charge in [0.2, 0.25) is 5.95 Å². The van der Waals surface area contributed by atoms with Crippen LogP contribution in [0.5, 0.6) is 0 Å². The molecule has 0 amide bonds. The molecule has 1 aliphatic rings. The normalized spacial score (nSPS) is 18.9. The van der Waals surface area contributed by atoms with Gasteiger partial charge in [-0.05, 0) is 30.0 Å². The third-order valence-corrected chi connectivity index (χ3v) is 3.29. The molecule has 0 aliphatic carbocycles. The summed E-state index contributed by atoms with van der Waals surface area (Å²) in [6, 6.07) is 8.08. The van der Waals surface area contributed by atoms with Crippen molar-refractivity contribution in [1.29, 1.82) is 0 Å². The van der Waals surface area contributed by atoms with E-state index in [1.165, 1.54) is 5.56 Å². The molecule has 2 heterocycles. The van der Waals surface area contributed by atoms with Crippen molar-refractivity contribution in [3.63, 3.8) is 0 Å². The van der Waals surface area contributed by atoms with Crippen molar-refractivity contribution < 1.29 is 0 Å². The lowest BCUT2D eigenvalue weighted by Crippen LogP contribution is -2.19. The van der Waals surface area contributed by atoms with Crippen LogP contribution in [0.1, 0.15) is 23.7 Å². The maximum absolute atomic E-state index is 5.69. The van der Waals surface area contributed by atoms with Crippen LogP contribution in [0.3, 0.4) is 0 Å². The Bertz CT molecular complexity index is 528. The van der Waals surface area contributed by atoms with Crippen molar-refractivity contribution in [2.75, 3.05) is 11.5 Å². The fraction of sp³-hybridized carbons (Fsp3) is 0.333. The summed E-state index contributed by atoms with van der Waals surface area (Å²) in [6.45, 7) is 0.884. The molecule has 0 saturated heterocycles. The molecular weight excluding hydrogens is 214 g/mol. The summed E-state index contributed by atoms with van der Waals surface area (Å²) >= 11 is 0. The minimum atomic E-state index is 0.373. The second-order valence-corrected chi connectivity index (χ2v) is 4.47. The lowest BCUT2D eigenvalue weighted by Gasteiger charge is -2.22. The average Bonchev–Trinajstić information content (AvgIpc) is 2.69. The molecule has 1 unspecified atom stereocenters. The summed E-state index contributed by atoms with van der Waals surface area (Å²) < 4.78 is 1.91. The van der Waals surface area contributed by atoms with E-state index in [2.05, 4.69) is 22.2 Å². The van der Waals surface area contributed by atoms with Crippen molar-refractivity contribution in [1.82, 2.24) is 14.8 Å². The maximum atomic E-state index is 5.69. The number of anilines is 2. The van der Waals surface area contributed by atoms with Gasteiger partial charge < -0.3 is 11.5 Å². The maximum Gasteiger partial charge on any atom is 0.239 e. The van der Waals surface area contributed by atoms with Crippen LogP contribution in [0.25, 0.3) is 0 Å². The summed E-state index contributed by atoms with van der Waals surface area (Å²) in [4.78, 5) is 4.25.